The average Bonchev–Trinajstić information content (AvgIpc) is 2.95. The molecule has 1 saturated heterocycles. The minimum absolute atomic E-state index is 0.00979. The van der Waals surface area contributed by atoms with Crippen molar-refractivity contribution in [3.05, 3.63) is 82.9 Å². The van der Waals surface area contributed by atoms with E-state index in [0.29, 0.717) is 29.9 Å². The monoisotopic (exact) mass is 426 g/mol. The molecule has 0 aromatic heterocycles. The zero-order valence-electron chi connectivity index (χ0n) is 18.3. The Kier molecular flexibility index (Phi) is 5.05. The lowest BCUT2D eigenvalue weighted by Gasteiger charge is -2.37. The second kappa shape index (κ2) is 8.04. The van der Waals surface area contributed by atoms with E-state index >= 15 is 0 Å². The molecule has 32 heavy (non-hydrogen) atoms. The van der Waals surface area contributed by atoms with Crippen molar-refractivity contribution in [2.75, 3.05) is 41.7 Å². The third-order valence-electron chi connectivity index (χ3n) is 6.23. The molecule has 5 rings (SSSR count). The molecule has 0 atom stereocenters. The summed E-state index contributed by atoms with van der Waals surface area (Å²) in [7, 11) is 0. The molecule has 1 fully saturated rings. The lowest BCUT2D eigenvalue weighted by Crippen LogP contribution is -2.49. The van der Waals surface area contributed by atoms with E-state index in [1.165, 1.54) is 16.8 Å². The van der Waals surface area contributed by atoms with Gasteiger partial charge in [0.05, 0.1) is 22.6 Å². The van der Waals surface area contributed by atoms with Crippen LogP contribution in [0.25, 0.3) is 0 Å². The summed E-state index contributed by atoms with van der Waals surface area (Å²) in [6.45, 7) is 7.16. The normalized spacial score (nSPS) is 15.2. The van der Waals surface area contributed by atoms with Crippen LogP contribution in [0.4, 0.5) is 22.7 Å². The Morgan fingerprint density at radius 3 is 2.41 bits per heavy atom. The molecule has 2 aliphatic rings. The van der Waals surface area contributed by atoms with Gasteiger partial charge in [-0.15, -0.1) is 0 Å². The largest absolute Gasteiger partial charge is 0.368 e. The summed E-state index contributed by atoms with van der Waals surface area (Å²) in [6, 6.07) is 19.3. The van der Waals surface area contributed by atoms with Gasteiger partial charge in [0.2, 0.25) is 0 Å². The van der Waals surface area contributed by atoms with Crippen LogP contribution in [0.5, 0.6) is 0 Å². The van der Waals surface area contributed by atoms with Crippen LogP contribution in [-0.2, 0) is 0 Å². The molecule has 2 amide bonds. The molecule has 0 unspecified atom stereocenters. The first kappa shape index (κ1) is 20.1. The third-order valence-corrected chi connectivity index (χ3v) is 6.23. The molecule has 0 saturated carbocycles. The molecule has 2 aliphatic heterocycles. The van der Waals surface area contributed by atoms with Gasteiger partial charge in [-0.2, -0.15) is 0 Å². The molecule has 6 nitrogen and oxygen atoms in total. The summed E-state index contributed by atoms with van der Waals surface area (Å²) < 4.78 is 0. The number of fused-ring (bicyclic) bond motifs is 2. The van der Waals surface area contributed by atoms with Gasteiger partial charge in [0.15, 0.2) is 0 Å². The van der Waals surface area contributed by atoms with Gasteiger partial charge in [-0.1, -0.05) is 24.3 Å². The van der Waals surface area contributed by atoms with Gasteiger partial charge in [-0.05, 0) is 61.4 Å². The quantitative estimate of drug-likeness (QED) is 0.630. The number of hydrogen-bond donors (Lipinski definition) is 2. The van der Waals surface area contributed by atoms with Crippen molar-refractivity contribution >= 4 is 34.6 Å². The number of para-hydroxylation sites is 1. The van der Waals surface area contributed by atoms with E-state index in [1.807, 2.05) is 35.2 Å². The topological polar surface area (TPSA) is 64.7 Å². The molecule has 0 aliphatic carbocycles. The molecule has 0 bridgehead atoms. The Morgan fingerprint density at radius 1 is 0.812 bits per heavy atom. The van der Waals surface area contributed by atoms with E-state index in [9.17, 15) is 9.59 Å². The first-order valence-corrected chi connectivity index (χ1v) is 10.9. The maximum atomic E-state index is 13.2. The summed E-state index contributed by atoms with van der Waals surface area (Å²) in [4.78, 5) is 30.1. The fourth-order valence-corrected chi connectivity index (χ4v) is 4.41. The molecule has 3 aromatic carbocycles. The van der Waals surface area contributed by atoms with E-state index in [0.717, 1.165) is 24.5 Å². The Hall–Kier alpha value is -3.80. The van der Waals surface area contributed by atoms with Crippen LogP contribution in [-0.4, -0.2) is 42.9 Å². The number of nitrogens with one attached hydrogen (secondary N) is 2. The Labute approximate surface area is 187 Å². The van der Waals surface area contributed by atoms with Crippen LogP contribution < -0.4 is 15.5 Å². The van der Waals surface area contributed by atoms with Crippen LogP contribution >= 0.6 is 0 Å². The van der Waals surface area contributed by atoms with E-state index in [1.54, 1.807) is 12.1 Å². The zero-order chi connectivity index (χ0) is 22.2. The number of aryl methyl sites for hydroxylation is 2. The van der Waals surface area contributed by atoms with Crippen molar-refractivity contribution in [2.24, 2.45) is 0 Å². The standard InChI is InChI=1S/C26H26N4O2/c1-17-7-8-18(2)24(15-17)29-11-13-30(14-12-29)26(32)19-9-10-22-23(16-19)28-25(31)20-5-3-4-6-21(20)27-22/h3-10,15-16,27H,11-14H2,1-2H3,(H,28,31). The highest BCUT2D eigenvalue weighted by Gasteiger charge is 2.25. The Balaban J connectivity index is 1.32. The maximum Gasteiger partial charge on any atom is 0.257 e. The van der Waals surface area contributed by atoms with Gasteiger partial charge >= 0.3 is 0 Å². The van der Waals surface area contributed by atoms with E-state index < -0.39 is 0 Å². The lowest BCUT2D eigenvalue weighted by molar-refractivity contribution is 0.0746. The SMILES string of the molecule is Cc1ccc(C)c(N2CCN(C(=O)c3ccc4c(c3)NC(=O)c3ccccc3N4)CC2)c1. The minimum atomic E-state index is -0.182. The second-order valence-electron chi connectivity index (χ2n) is 8.45. The molecular weight excluding hydrogens is 400 g/mol. The van der Waals surface area contributed by atoms with Crippen LogP contribution in [0.3, 0.4) is 0 Å². The number of nitrogens with zero attached hydrogens (tertiary/aromatic N) is 2. The first-order chi connectivity index (χ1) is 15.5. The van der Waals surface area contributed by atoms with E-state index in [4.69, 9.17) is 0 Å². The van der Waals surface area contributed by atoms with Crippen LogP contribution in [0.15, 0.2) is 60.7 Å². The minimum Gasteiger partial charge on any atom is -0.368 e. The molecule has 162 valence electrons. The van der Waals surface area contributed by atoms with Crippen molar-refractivity contribution in [2.45, 2.75) is 13.8 Å². The van der Waals surface area contributed by atoms with Gasteiger partial charge in [-0.25, -0.2) is 0 Å². The summed E-state index contributed by atoms with van der Waals surface area (Å²) in [6.07, 6.45) is 0. The molecular formula is C26H26N4O2. The molecule has 0 radical (unpaired) electrons. The number of carbonyl (C=O) groups excluding carboxylic acids is 2. The van der Waals surface area contributed by atoms with Crippen molar-refractivity contribution in [3.63, 3.8) is 0 Å². The van der Waals surface area contributed by atoms with Crippen molar-refractivity contribution in [1.29, 1.82) is 0 Å². The summed E-state index contributed by atoms with van der Waals surface area (Å²) in [5.41, 5.74) is 7.06. The van der Waals surface area contributed by atoms with E-state index in [2.05, 4.69) is 47.6 Å². The third kappa shape index (κ3) is 3.68. The van der Waals surface area contributed by atoms with Crippen LogP contribution in [0.2, 0.25) is 0 Å². The molecule has 0 spiro atoms. The van der Waals surface area contributed by atoms with Gasteiger partial charge in [-0.3, -0.25) is 9.59 Å². The Bertz CT molecular complexity index is 1210. The smallest absolute Gasteiger partial charge is 0.257 e. The molecule has 2 N–H and O–H groups in total. The zero-order valence-corrected chi connectivity index (χ0v) is 18.3. The van der Waals surface area contributed by atoms with Gasteiger partial charge in [0.25, 0.3) is 11.8 Å². The number of rotatable bonds is 2. The highest BCUT2D eigenvalue weighted by atomic mass is 16.2. The number of carbonyl (C=O) groups is 2. The van der Waals surface area contributed by atoms with Crippen LogP contribution in [0, 0.1) is 13.8 Å². The first-order valence-electron chi connectivity index (χ1n) is 10.9. The lowest BCUT2D eigenvalue weighted by atomic mass is 10.1. The fraction of sp³-hybridized carbons (Fsp3) is 0.231. The Morgan fingerprint density at radius 2 is 1.59 bits per heavy atom. The fourth-order valence-electron chi connectivity index (χ4n) is 4.41. The van der Waals surface area contributed by atoms with Gasteiger partial charge in [0.1, 0.15) is 0 Å². The predicted octanol–water partition coefficient (Wildman–Crippen LogP) is 4.58. The van der Waals surface area contributed by atoms with Gasteiger partial charge < -0.3 is 20.4 Å². The predicted molar refractivity (Wildman–Crippen MR) is 128 cm³/mol. The molecule has 2 heterocycles. The van der Waals surface area contributed by atoms with Crippen LogP contribution in [0.1, 0.15) is 31.8 Å². The van der Waals surface area contributed by atoms with Crippen molar-refractivity contribution < 1.29 is 9.59 Å². The highest BCUT2D eigenvalue weighted by molar-refractivity contribution is 6.12. The maximum absolute atomic E-state index is 13.2. The number of benzene rings is 3. The number of hydrogen-bond acceptors (Lipinski definition) is 4. The average molecular weight is 427 g/mol. The summed E-state index contributed by atoms with van der Waals surface area (Å²) in [5, 5.41) is 6.23. The highest BCUT2D eigenvalue weighted by Crippen LogP contribution is 2.33. The number of anilines is 4. The summed E-state index contributed by atoms with van der Waals surface area (Å²) in [5.74, 6) is -0.192. The van der Waals surface area contributed by atoms with Crippen molar-refractivity contribution in [3.8, 4) is 0 Å². The van der Waals surface area contributed by atoms with E-state index in [-0.39, 0.29) is 11.8 Å². The van der Waals surface area contributed by atoms with Gasteiger partial charge in [0, 0.05) is 37.4 Å². The summed E-state index contributed by atoms with van der Waals surface area (Å²) >= 11 is 0. The number of piperazine rings is 1. The second-order valence-corrected chi connectivity index (χ2v) is 8.45. The molecule has 3 aromatic rings. The molecule has 6 heteroatoms. The number of amides is 2. The van der Waals surface area contributed by atoms with Crippen molar-refractivity contribution in [1.82, 2.24) is 4.90 Å².